The first-order chi connectivity index (χ1) is 5.88. The molecule has 4 heteroatoms. The summed E-state index contributed by atoms with van der Waals surface area (Å²) in [5.74, 6) is 1.16. The van der Waals surface area contributed by atoms with E-state index in [0.717, 1.165) is 25.4 Å². The number of rotatable bonds is 4. The molecule has 0 amide bonds. The zero-order valence-corrected chi connectivity index (χ0v) is 8.44. The van der Waals surface area contributed by atoms with Crippen molar-refractivity contribution in [2.45, 2.75) is 19.4 Å². The van der Waals surface area contributed by atoms with Gasteiger partial charge in [-0.3, -0.25) is 0 Å². The van der Waals surface area contributed by atoms with Crippen molar-refractivity contribution in [3.05, 3.63) is 0 Å². The van der Waals surface area contributed by atoms with Crippen LogP contribution in [0.25, 0.3) is 0 Å². The summed E-state index contributed by atoms with van der Waals surface area (Å²) < 4.78 is 2.31. The lowest BCUT2D eigenvalue weighted by Gasteiger charge is -2.33. The number of nitrogens with one attached hydrogen (secondary N) is 1. The molecule has 2 N–H and O–H groups in total. The molecule has 72 valence electrons. The fraction of sp³-hybridized carbons (Fsp3) is 1.00. The first-order valence-electron chi connectivity index (χ1n) is 4.59. The van der Waals surface area contributed by atoms with E-state index in [1.807, 2.05) is 11.9 Å². The van der Waals surface area contributed by atoms with Crippen molar-refractivity contribution in [1.29, 1.82) is 0 Å². The molecule has 0 aromatic carbocycles. The maximum absolute atomic E-state index is 9.07. The lowest BCUT2D eigenvalue weighted by Crippen LogP contribution is -2.49. The molecule has 12 heavy (non-hydrogen) atoms. The Morgan fingerprint density at radius 1 is 1.67 bits per heavy atom. The molecule has 1 unspecified atom stereocenters. The molecule has 0 aromatic rings. The minimum Gasteiger partial charge on any atom is -0.395 e. The Balaban J connectivity index is 2.26. The zero-order valence-electron chi connectivity index (χ0n) is 7.62. The second-order valence-electron chi connectivity index (χ2n) is 3.01. The summed E-state index contributed by atoms with van der Waals surface area (Å²) in [6.07, 6.45) is 1.20. The SMILES string of the molecule is CCCSN1CCNCC1CO. The predicted molar refractivity (Wildman–Crippen MR) is 53.2 cm³/mol. The fourth-order valence-electron chi connectivity index (χ4n) is 1.28. The summed E-state index contributed by atoms with van der Waals surface area (Å²) in [5, 5.41) is 12.3. The van der Waals surface area contributed by atoms with Crippen LogP contribution in [0.1, 0.15) is 13.3 Å². The number of hydrogen-bond acceptors (Lipinski definition) is 4. The highest BCUT2D eigenvalue weighted by Gasteiger charge is 2.20. The number of piperazine rings is 1. The summed E-state index contributed by atoms with van der Waals surface area (Å²) in [4.78, 5) is 0. The Hall–Kier alpha value is 0.230. The van der Waals surface area contributed by atoms with Gasteiger partial charge in [0.2, 0.25) is 0 Å². The van der Waals surface area contributed by atoms with E-state index in [0.29, 0.717) is 6.04 Å². The van der Waals surface area contributed by atoms with Gasteiger partial charge in [0.05, 0.1) is 12.6 Å². The molecule has 1 heterocycles. The molecule has 0 aliphatic carbocycles. The minimum absolute atomic E-state index is 0.268. The fourth-order valence-corrected chi connectivity index (χ4v) is 2.27. The summed E-state index contributed by atoms with van der Waals surface area (Å²) in [6.45, 7) is 5.48. The van der Waals surface area contributed by atoms with E-state index in [1.54, 1.807) is 0 Å². The van der Waals surface area contributed by atoms with Crippen LogP contribution < -0.4 is 5.32 Å². The van der Waals surface area contributed by atoms with Crippen molar-refractivity contribution in [2.75, 3.05) is 32.0 Å². The summed E-state index contributed by atoms with van der Waals surface area (Å²) in [5.41, 5.74) is 0. The number of aliphatic hydroxyl groups is 1. The van der Waals surface area contributed by atoms with Gasteiger partial charge in [-0.15, -0.1) is 0 Å². The van der Waals surface area contributed by atoms with Crippen LogP contribution in [0.3, 0.4) is 0 Å². The van der Waals surface area contributed by atoms with Crippen LogP contribution in [0.2, 0.25) is 0 Å². The Morgan fingerprint density at radius 2 is 2.50 bits per heavy atom. The second kappa shape index (κ2) is 5.80. The van der Waals surface area contributed by atoms with Gasteiger partial charge in [0.15, 0.2) is 0 Å². The minimum atomic E-state index is 0.268. The van der Waals surface area contributed by atoms with Crippen LogP contribution in [0.15, 0.2) is 0 Å². The lowest BCUT2D eigenvalue weighted by atomic mass is 10.2. The molecule has 0 aromatic heterocycles. The van der Waals surface area contributed by atoms with Crippen LogP contribution in [-0.2, 0) is 0 Å². The summed E-state index contributed by atoms with van der Waals surface area (Å²) in [7, 11) is 0. The monoisotopic (exact) mass is 190 g/mol. The van der Waals surface area contributed by atoms with Gasteiger partial charge in [0, 0.05) is 25.4 Å². The molecule has 1 atom stereocenters. The van der Waals surface area contributed by atoms with Crippen LogP contribution in [0.5, 0.6) is 0 Å². The Bertz CT molecular complexity index is 124. The lowest BCUT2D eigenvalue weighted by molar-refractivity contribution is 0.174. The van der Waals surface area contributed by atoms with E-state index in [-0.39, 0.29) is 6.61 Å². The van der Waals surface area contributed by atoms with E-state index in [4.69, 9.17) is 5.11 Å². The smallest absolute Gasteiger partial charge is 0.0608 e. The van der Waals surface area contributed by atoms with Crippen molar-refractivity contribution in [1.82, 2.24) is 9.62 Å². The van der Waals surface area contributed by atoms with Gasteiger partial charge >= 0.3 is 0 Å². The molecule has 0 spiro atoms. The standard InChI is InChI=1S/C8H18N2OS/c1-2-5-12-10-4-3-9-6-8(10)7-11/h8-9,11H,2-7H2,1H3. The molecular weight excluding hydrogens is 172 g/mol. The topological polar surface area (TPSA) is 35.5 Å². The zero-order chi connectivity index (χ0) is 8.81. The van der Waals surface area contributed by atoms with Crippen LogP contribution in [0, 0.1) is 0 Å². The average molecular weight is 190 g/mol. The van der Waals surface area contributed by atoms with E-state index in [1.165, 1.54) is 6.42 Å². The molecule has 1 aliphatic rings. The first-order valence-corrected chi connectivity index (χ1v) is 5.54. The quantitative estimate of drug-likeness (QED) is 0.626. The van der Waals surface area contributed by atoms with E-state index < -0.39 is 0 Å². The molecule has 0 bridgehead atoms. The third kappa shape index (κ3) is 2.94. The first kappa shape index (κ1) is 10.3. The highest BCUT2D eigenvalue weighted by molar-refractivity contribution is 7.97. The molecule has 0 saturated carbocycles. The molecular formula is C8H18N2OS. The predicted octanol–water partition coefficient (Wildman–Crippen LogP) is 0.311. The third-order valence-corrected chi connectivity index (χ3v) is 3.37. The third-order valence-electron chi connectivity index (χ3n) is 1.97. The molecule has 1 saturated heterocycles. The molecule has 3 nitrogen and oxygen atoms in total. The Morgan fingerprint density at radius 3 is 3.17 bits per heavy atom. The molecule has 1 rings (SSSR count). The van der Waals surface area contributed by atoms with Gasteiger partial charge in [-0.2, -0.15) is 0 Å². The Labute approximate surface area is 78.7 Å². The largest absolute Gasteiger partial charge is 0.395 e. The van der Waals surface area contributed by atoms with E-state index in [9.17, 15) is 0 Å². The van der Waals surface area contributed by atoms with Crippen molar-refractivity contribution in [3.8, 4) is 0 Å². The molecule has 0 radical (unpaired) electrons. The van der Waals surface area contributed by atoms with E-state index in [2.05, 4.69) is 16.5 Å². The van der Waals surface area contributed by atoms with E-state index >= 15 is 0 Å². The number of hydrogen-bond donors (Lipinski definition) is 2. The summed E-state index contributed by atoms with van der Waals surface area (Å²) >= 11 is 1.86. The van der Waals surface area contributed by atoms with Crippen molar-refractivity contribution < 1.29 is 5.11 Å². The molecule has 1 fully saturated rings. The maximum atomic E-state index is 9.07. The van der Waals surface area contributed by atoms with Crippen LogP contribution in [-0.4, -0.2) is 47.4 Å². The highest BCUT2D eigenvalue weighted by atomic mass is 32.2. The van der Waals surface area contributed by atoms with Crippen molar-refractivity contribution in [2.24, 2.45) is 0 Å². The van der Waals surface area contributed by atoms with Crippen molar-refractivity contribution >= 4 is 11.9 Å². The molecule has 1 aliphatic heterocycles. The van der Waals surface area contributed by atoms with Crippen molar-refractivity contribution in [3.63, 3.8) is 0 Å². The van der Waals surface area contributed by atoms with Gasteiger partial charge in [-0.25, -0.2) is 4.31 Å². The second-order valence-corrected chi connectivity index (χ2v) is 4.15. The average Bonchev–Trinajstić information content (AvgIpc) is 2.15. The van der Waals surface area contributed by atoms with Gasteiger partial charge < -0.3 is 10.4 Å². The Kier molecular flexibility index (Phi) is 4.99. The van der Waals surface area contributed by atoms with Crippen LogP contribution in [0.4, 0.5) is 0 Å². The summed E-state index contributed by atoms with van der Waals surface area (Å²) in [6, 6.07) is 0.315. The normalized spacial score (nSPS) is 26.0. The number of nitrogens with zero attached hydrogens (tertiary/aromatic N) is 1. The van der Waals surface area contributed by atoms with Crippen LogP contribution >= 0.6 is 11.9 Å². The highest BCUT2D eigenvalue weighted by Crippen LogP contribution is 2.16. The van der Waals surface area contributed by atoms with Gasteiger partial charge in [-0.05, 0) is 6.42 Å². The number of aliphatic hydroxyl groups excluding tert-OH is 1. The van der Waals surface area contributed by atoms with Gasteiger partial charge in [0.25, 0.3) is 0 Å². The van der Waals surface area contributed by atoms with Gasteiger partial charge in [0.1, 0.15) is 0 Å². The maximum Gasteiger partial charge on any atom is 0.0608 e. The van der Waals surface area contributed by atoms with Gasteiger partial charge in [-0.1, -0.05) is 18.9 Å².